The molecule has 4 rings (SSSR count). The Morgan fingerprint density at radius 2 is 2.00 bits per heavy atom. The van der Waals surface area contributed by atoms with Gasteiger partial charge >= 0.3 is 0 Å². The van der Waals surface area contributed by atoms with Crippen LogP contribution in [0.25, 0.3) is 0 Å². The molecule has 0 bridgehead atoms. The Hall–Kier alpha value is -2.00. The Balaban J connectivity index is 1.40. The van der Waals surface area contributed by atoms with Gasteiger partial charge in [-0.3, -0.25) is 9.59 Å². The van der Waals surface area contributed by atoms with Crippen molar-refractivity contribution in [1.29, 1.82) is 0 Å². The fourth-order valence-electron chi connectivity index (χ4n) is 4.79. The number of amides is 2. The van der Waals surface area contributed by atoms with Crippen LogP contribution in [0.15, 0.2) is 6.20 Å². The molecule has 1 saturated heterocycles. The van der Waals surface area contributed by atoms with E-state index < -0.39 is 0 Å². The third-order valence-corrected chi connectivity index (χ3v) is 6.58. The monoisotopic (exact) mass is 419 g/mol. The number of nitrogens with one attached hydrogen (secondary N) is 1. The van der Waals surface area contributed by atoms with Gasteiger partial charge in [0.25, 0.3) is 0 Å². The Bertz CT molecular complexity index is 750. The third kappa shape index (κ3) is 5.18. The number of hydrogen-bond acceptors (Lipinski definition) is 6. The van der Waals surface area contributed by atoms with Crippen molar-refractivity contribution in [2.45, 2.75) is 57.8 Å². The Kier molecular flexibility index (Phi) is 6.67. The van der Waals surface area contributed by atoms with Gasteiger partial charge in [-0.1, -0.05) is 5.21 Å². The standard InChI is InChI=1S/C21H33N5O4/c1-14(27)22-6-5-21(28)25-9-16-7-19(26-11-18(13-29-2)23-24-26)20(8-17(16)10-25)30-12-15-3-4-15/h11,15-17,19-20H,3-10,12-13H2,1-2H3,(H,22,27)/t16-,17+,19-,20-/m1/s1. The summed E-state index contributed by atoms with van der Waals surface area (Å²) >= 11 is 0. The normalized spacial score (nSPS) is 28.4. The quantitative estimate of drug-likeness (QED) is 0.645. The van der Waals surface area contributed by atoms with Crippen LogP contribution >= 0.6 is 0 Å². The van der Waals surface area contributed by atoms with Crippen molar-refractivity contribution in [3.8, 4) is 0 Å². The predicted molar refractivity (Wildman–Crippen MR) is 108 cm³/mol. The van der Waals surface area contributed by atoms with Crippen LogP contribution in [0.5, 0.6) is 0 Å². The summed E-state index contributed by atoms with van der Waals surface area (Å²) in [7, 11) is 1.65. The van der Waals surface area contributed by atoms with Gasteiger partial charge in [-0.2, -0.15) is 0 Å². The molecule has 3 fully saturated rings. The number of carbonyl (C=O) groups excluding carboxylic acids is 2. The van der Waals surface area contributed by atoms with E-state index in [1.54, 1.807) is 7.11 Å². The van der Waals surface area contributed by atoms with Gasteiger partial charge in [0.2, 0.25) is 11.8 Å². The van der Waals surface area contributed by atoms with Gasteiger partial charge in [0.1, 0.15) is 5.69 Å². The first-order valence-corrected chi connectivity index (χ1v) is 11.1. The topological polar surface area (TPSA) is 98.6 Å². The summed E-state index contributed by atoms with van der Waals surface area (Å²) in [5.41, 5.74) is 0.821. The highest BCUT2D eigenvalue weighted by atomic mass is 16.5. The van der Waals surface area contributed by atoms with Crippen LogP contribution in [-0.2, 0) is 25.7 Å². The van der Waals surface area contributed by atoms with Crippen LogP contribution in [0.4, 0.5) is 0 Å². The summed E-state index contributed by atoms with van der Waals surface area (Å²) in [6.45, 7) is 4.69. The molecular formula is C21H33N5O4. The number of carbonyl (C=O) groups is 2. The lowest BCUT2D eigenvalue weighted by molar-refractivity contribution is -0.130. The molecule has 9 nitrogen and oxygen atoms in total. The summed E-state index contributed by atoms with van der Waals surface area (Å²) in [5.74, 6) is 1.62. The second kappa shape index (κ2) is 9.43. The van der Waals surface area contributed by atoms with Crippen LogP contribution in [-0.4, -0.2) is 71.2 Å². The minimum absolute atomic E-state index is 0.0957. The van der Waals surface area contributed by atoms with Crippen LogP contribution in [0, 0.1) is 17.8 Å². The number of fused-ring (bicyclic) bond motifs is 1. The minimum Gasteiger partial charge on any atom is -0.378 e. The maximum atomic E-state index is 12.6. The van der Waals surface area contributed by atoms with E-state index in [0.717, 1.165) is 38.2 Å². The largest absolute Gasteiger partial charge is 0.378 e. The number of methoxy groups -OCH3 is 1. The molecule has 2 aliphatic carbocycles. The highest BCUT2D eigenvalue weighted by Gasteiger charge is 2.45. The molecule has 1 N–H and O–H groups in total. The molecule has 0 unspecified atom stereocenters. The first-order chi connectivity index (χ1) is 14.5. The number of hydrogen-bond donors (Lipinski definition) is 1. The van der Waals surface area contributed by atoms with Crippen LogP contribution in [0.1, 0.15) is 50.8 Å². The van der Waals surface area contributed by atoms with Crippen molar-refractivity contribution in [2.24, 2.45) is 17.8 Å². The van der Waals surface area contributed by atoms with Gasteiger partial charge in [-0.15, -0.1) is 5.10 Å². The van der Waals surface area contributed by atoms with E-state index in [1.807, 2.05) is 15.8 Å². The predicted octanol–water partition coefficient (Wildman–Crippen LogP) is 1.16. The second-order valence-corrected chi connectivity index (χ2v) is 9.03. The van der Waals surface area contributed by atoms with Crippen molar-refractivity contribution < 1.29 is 19.1 Å². The van der Waals surface area contributed by atoms with Crippen LogP contribution in [0.3, 0.4) is 0 Å². The minimum atomic E-state index is -0.0999. The smallest absolute Gasteiger partial charge is 0.224 e. The first-order valence-electron chi connectivity index (χ1n) is 11.1. The molecule has 2 amide bonds. The van der Waals surface area contributed by atoms with Crippen molar-refractivity contribution in [3.63, 3.8) is 0 Å². The molecule has 30 heavy (non-hydrogen) atoms. The zero-order valence-electron chi connectivity index (χ0n) is 18.0. The van der Waals surface area contributed by atoms with E-state index >= 15 is 0 Å². The summed E-state index contributed by atoms with van der Waals surface area (Å²) in [4.78, 5) is 25.6. The van der Waals surface area contributed by atoms with E-state index in [-0.39, 0.29) is 24.0 Å². The number of rotatable bonds is 9. The summed E-state index contributed by atoms with van der Waals surface area (Å²) in [6, 6.07) is 0.137. The molecule has 0 spiro atoms. The van der Waals surface area contributed by atoms with E-state index in [4.69, 9.17) is 9.47 Å². The average molecular weight is 420 g/mol. The zero-order valence-corrected chi connectivity index (χ0v) is 18.0. The molecular weight excluding hydrogens is 386 g/mol. The molecule has 2 heterocycles. The molecule has 0 aromatic carbocycles. The maximum absolute atomic E-state index is 12.6. The highest BCUT2D eigenvalue weighted by Crippen LogP contribution is 2.43. The van der Waals surface area contributed by atoms with Crippen molar-refractivity contribution in [3.05, 3.63) is 11.9 Å². The average Bonchev–Trinajstić information content (AvgIpc) is 3.26. The van der Waals surface area contributed by atoms with Gasteiger partial charge < -0.3 is 19.7 Å². The third-order valence-electron chi connectivity index (χ3n) is 6.58. The van der Waals surface area contributed by atoms with E-state index in [2.05, 4.69) is 15.6 Å². The lowest BCUT2D eigenvalue weighted by Crippen LogP contribution is -2.38. The molecule has 1 aromatic rings. The van der Waals surface area contributed by atoms with Gasteiger partial charge in [-0.25, -0.2) is 4.68 Å². The van der Waals surface area contributed by atoms with Crippen molar-refractivity contribution in [1.82, 2.24) is 25.2 Å². The summed E-state index contributed by atoms with van der Waals surface area (Å²) < 4.78 is 13.5. The van der Waals surface area contributed by atoms with Gasteiger partial charge in [0.05, 0.1) is 24.9 Å². The molecule has 1 aliphatic heterocycles. The zero-order chi connectivity index (χ0) is 21.1. The SMILES string of the molecule is COCc1cn([C@@H]2C[C@@H]3CN(C(=O)CCNC(C)=O)C[C@@H]3C[C@H]2OCC2CC2)nn1. The number of aromatic nitrogens is 3. The van der Waals surface area contributed by atoms with Crippen LogP contribution in [0.2, 0.25) is 0 Å². The molecule has 2 saturated carbocycles. The van der Waals surface area contributed by atoms with Gasteiger partial charge in [0.15, 0.2) is 0 Å². The molecule has 3 aliphatic rings. The molecule has 166 valence electrons. The van der Waals surface area contributed by atoms with E-state index in [1.165, 1.54) is 19.8 Å². The van der Waals surface area contributed by atoms with E-state index in [9.17, 15) is 9.59 Å². The Morgan fingerprint density at radius 3 is 2.70 bits per heavy atom. The van der Waals surface area contributed by atoms with Crippen molar-refractivity contribution in [2.75, 3.05) is 33.4 Å². The Morgan fingerprint density at radius 1 is 1.23 bits per heavy atom. The number of likely N-dealkylation sites (tertiary alicyclic amines) is 1. The molecule has 9 heteroatoms. The van der Waals surface area contributed by atoms with E-state index in [0.29, 0.717) is 37.3 Å². The second-order valence-electron chi connectivity index (χ2n) is 9.03. The Labute approximate surface area is 177 Å². The number of ether oxygens (including phenoxy) is 2. The van der Waals surface area contributed by atoms with Crippen LogP contribution < -0.4 is 5.32 Å². The molecule has 1 aromatic heterocycles. The fraction of sp³-hybridized carbons (Fsp3) is 0.810. The first kappa shape index (κ1) is 21.2. The highest BCUT2D eigenvalue weighted by molar-refractivity contribution is 5.78. The maximum Gasteiger partial charge on any atom is 0.224 e. The lowest BCUT2D eigenvalue weighted by atomic mass is 9.77. The number of nitrogens with zero attached hydrogens (tertiary/aromatic N) is 4. The van der Waals surface area contributed by atoms with Gasteiger partial charge in [0, 0.05) is 46.7 Å². The summed E-state index contributed by atoms with van der Waals surface area (Å²) in [5, 5.41) is 11.3. The van der Waals surface area contributed by atoms with Crippen molar-refractivity contribution >= 4 is 11.8 Å². The molecule has 0 radical (unpaired) electrons. The summed E-state index contributed by atoms with van der Waals surface area (Å²) in [6.07, 6.45) is 6.82. The van der Waals surface area contributed by atoms with Gasteiger partial charge in [-0.05, 0) is 43.4 Å². The lowest BCUT2D eigenvalue weighted by Gasteiger charge is -2.37. The molecule has 4 atom stereocenters. The fourth-order valence-corrected chi connectivity index (χ4v) is 4.79.